The summed E-state index contributed by atoms with van der Waals surface area (Å²) in [5, 5.41) is 2.74. The molecule has 0 spiro atoms. The van der Waals surface area contributed by atoms with E-state index in [1.165, 1.54) is 0 Å². The number of hydrogen-bond donors (Lipinski definition) is 1. The van der Waals surface area contributed by atoms with E-state index >= 15 is 0 Å². The van der Waals surface area contributed by atoms with Crippen molar-refractivity contribution < 1.29 is 19.1 Å². The number of imide groups is 1. The highest BCUT2D eigenvalue weighted by Crippen LogP contribution is 2.32. The maximum atomic E-state index is 12.9. The average molecular weight is 352 g/mol. The maximum absolute atomic E-state index is 12.9. The lowest BCUT2D eigenvalue weighted by Crippen LogP contribution is -2.44. The number of rotatable bonds is 5. The Morgan fingerprint density at radius 2 is 1.85 bits per heavy atom. The Hall–Kier alpha value is -3.15. The quantitative estimate of drug-likeness (QED) is 0.510. The van der Waals surface area contributed by atoms with Gasteiger partial charge in [-0.3, -0.25) is 9.69 Å². The second-order valence-electron chi connectivity index (χ2n) is 6.24. The van der Waals surface area contributed by atoms with Crippen molar-refractivity contribution in [1.82, 2.24) is 10.2 Å². The first kappa shape index (κ1) is 17.7. The van der Waals surface area contributed by atoms with Crippen molar-refractivity contribution in [2.24, 2.45) is 0 Å². The molecule has 0 aliphatic carbocycles. The average Bonchev–Trinajstić information content (AvgIpc) is 2.87. The van der Waals surface area contributed by atoms with Crippen molar-refractivity contribution in [3.8, 4) is 5.75 Å². The first-order chi connectivity index (χ1) is 12.5. The van der Waals surface area contributed by atoms with Gasteiger partial charge in [-0.15, -0.1) is 0 Å². The third-order valence-corrected chi connectivity index (χ3v) is 4.48. The molecule has 1 aliphatic heterocycles. The third-order valence-electron chi connectivity index (χ3n) is 4.48. The molecule has 2 aromatic rings. The highest BCUT2D eigenvalue weighted by Gasteiger charge is 2.51. The van der Waals surface area contributed by atoms with Crippen LogP contribution in [-0.4, -0.2) is 29.4 Å². The molecule has 2 aromatic carbocycles. The standard InChI is InChI=1S/C20H20N2O4/c1-3-20(15-9-5-4-6-10-15)18(24)22(19(25)21-20)13-17(23)26-16-11-7-8-14(2)12-16/h4-12H,3,13H2,1-2H3,(H,21,25). The summed E-state index contributed by atoms with van der Waals surface area (Å²) < 4.78 is 5.25. The van der Waals surface area contributed by atoms with E-state index < -0.39 is 30.0 Å². The second-order valence-corrected chi connectivity index (χ2v) is 6.24. The van der Waals surface area contributed by atoms with Crippen LogP contribution >= 0.6 is 0 Å². The maximum Gasteiger partial charge on any atom is 0.331 e. The second kappa shape index (κ2) is 7.00. The van der Waals surface area contributed by atoms with Crippen LogP contribution in [0.4, 0.5) is 4.79 Å². The zero-order valence-corrected chi connectivity index (χ0v) is 14.7. The van der Waals surface area contributed by atoms with Gasteiger partial charge in [-0.25, -0.2) is 9.59 Å². The molecule has 1 aliphatic rings. The molecular formula is C20H20N2O4. The molecule has 1 heterocycles. The minimum absolute atomic E-state index is 0.380. The summed E-state index contributed by atoms with van der Waals surface area (Å²) >= 11 is 0. The molecule has 0 saturated carbocycles. The van der Waals surface area contributed by atoms with Gasteiger partial charge in [0.2, 0.25) is 0 Å². The van der Waals surface area contributed by atoms with Crippen molar-refractivity contribution in [1.29, 1.82) is 0 Å². The first-order valence-electron chi connectivity index (χ1n) is 8.43. The summed E-state index contributed by atoms with van der Waals surface area (Å²) in [6.45, 7) is 3.26. The number of hydrogen-bond acceptors (Lipinski definition) is 4. The highest BCUT2D eigenvalue weighted by molar-refractivity contribution is 6.09. The molecule has 1 saturated heterocycles. The molecule has 0 aromatic heterocycles. The summed E-state index contributed by atoms with van der Waals surface area (Å²) in [5.41, 5.74) is 0.483. The van der Waals surface area contributed by atoms with Crippen LogP contribution in [0.15, 0.2) is 54.6 Å². The molecule has 26 heavy (non-hydrogen) atoms. The fourth-order valence-electron chi connectivity index (χ4n) is 3.10. The van der Waals surface area contributed by atoms with Crippen molar-refractivity contribution in [2.45, 2.75) is 25.8 Å². The molecule has 6 nitrogen and oxygen atoms in total. The number of carbonyl (C=O) groups is 3. The minimum Gasteiger partial charge on any atom is -0.425 e. The number of nitrogens with one attached hydrogen (secondary N) is 1. The van der Waals surface area contributed by atoms with Crippen LogP contribution in [0.2, 0.25) is 0 Å². The lowest BCUT2D eigenvalue weighted by atomic mass is 9.87. The number of nitrogens with zero attached hydrogens (tertiary/aromatic N) is 1. The van der Waals surface area contributed by atoms with Crippen molar-refractivity contribution in [3.63, 3.8) is 0 Å². The summed E-state index contributed by atoms with van der Waals surface area (Å²) in [5.74, 6) is -0.733. The fraction of sp³-hybridized carbons (Fsp3) is 0.250. The minimum atomic E-state index is -1.15. The molecule has 3 rings (SSSR count). The molecule has 1 fully saturated rings. The molecule has 0 radical (unpaired) electrons. The van der Waals surface area contributed by atoms with E-state index in [1.54, 1.807) is 42.5 Å². The van der Waals surface area contributed by atoms with E-state index in [2.05, 4.69) is 5.32 Å². The molecule has 1 atom stereocenters. The van der Waals surface area contributed by atoms with Gasteiger partial charge in [0.05, 0.1) is 0 Å². The molecule has 0 bridgehead atoms. The van der Waals surface area contributed by atoms with Gasteiger partial charge in [-0.05, 0) is 36.6 Å². The SMILES string of the molecule is CCC1(c2ccccc2)NC(=O)N(CC(=O)Oc2cccc(C)c2)C1=O. The number of ether oxygens (including phenoxy) is 1. The van der Waals surface area contributed by atoms with Gasteiger partial charge >= 0.3 is 12.0 Å². The number of urea groups is 1. The Balaban J connectivity index is 1.77. The van der Waals surface area contributed by atoms with Gasteiger partial charge in [-0.1, -0.05) is 49.4 Å². The van der Waals surface area contributed by atoms with Crippen LogP contribution < -0.4 is 10.1 Å². The molecule has 1 N–H and O–H groups in total. The van der Waals surface area contributed by atoms with E-state index in [0.717, 1.165) is 10.5 Å². The first-order valence-corrected chi connectivity index (χ1v) is 8.43. The van der Waals surface area contributed by atoms with Crippen molar-refractivity contribution in [2.75, 3.05) is 6.54 Å². The predicted octanol–water partition coefficient (Wildman–Crippen LogP) is 2.76. The number of benzene rings is 2. The lowest BCUT2D eigenvalue weighted by molar-refractivity contribution is -0.141. The van der Waals surface area contributed by atoms with Crippen molar-refractivity contribution in [3.05, 3.63) is 65.7 Å². The topological polar surface area (TPSA) is 75.7 Å². The normalized spacial score (nSPS) is 19.4. The third kappa shape index (κ3) is 3.18. The van der Waals surface area contributed by atoms with Crippen LogP contribution in [0.25, 0.3) is 0 Å². The number of aryl methyl sites for hydroxylation is 1. The summed E-state index contributed by atoms with van der Waals surface area (Å²) in [7, 11) is 0. The fourth-order valence-corrected chi connectivity index (χ4v) is 3.10. The monoisotopic (exact) mass is 352 g/mol. The molecule has 1 unspecified atom stereocenters. The van der Waals surface area contributed by atoms with Crippen molar-refractivity contribution >= 4 is 17.9 Å². The number of carbonyl (C=O) groups excluding carboxylic acids is 3. The lowest BCUT2D eigenvalue weighted by Gasteiger charge is -2.25. The molecular weight excluding hydrogens is 332 g/mol. The zero-order valence-electron chi connectivity index (χ0n) is 14.7. The van der Waals surface area contributed by atoms with Gasteiger partial charge < -0.3 is 10.1 Å². The van der Waals surface area contributed by atoms with Gasteiger partial charge in [0.1, 0.15) is 17.8 Å². The summed E-state index contributed by atoms with van der Waals surface area (Å²) in [4.78, 5) is 38.4. The molecule has 6 heteroatoms. The van der Waals surface area contributed by atoms with Crippen LogP contribution in [0, 0.1) is 6.92 Å². The summed E-state index contributed by atoms with van der Waals surface area (Å²) in [6.07, 6.45) is 0.380. The Morgan fingerprint density at radius 3 is 2.50 bits per heavy atom. The summed E-state index contributed by atoms with van der Waals surface area (Å²) in [6, 6.07) is 15.4. The highest BCUT2D eigenvalue weighted by atomic mass is 16.5. The molecule has 3 amide bonds. The van der Waals surface area contributed by atoms with E-state index in [4.69, 9.17) is 4.74 Å². The van der Waals surface area contributed by atoms with E-state index in [0.29, 0.717) is 17.7 Å². The van der Waals surface area contributed by atoms with Crippen LogP contribution in [0.1, 0.15) is 24.5 Å². The largest absolute Gasteiger partial charge is 0.425 e. The predicted molar refractivity (Wildman–Crippen MR) is 95.5 cm³/mol. The Kier molecular flexibility index (Phi) is 4.75. The van der Waals surface area contributed by atoms with Crippen LogP contribution in [-0.2, 0) is 15.1 Å². The van der Waals surface area contributed by atoms with E-state index in [-0.39, 0.29) is 0 Å². The van der Waals surface area contributed by atoms with Crippen LogP contribution in [0.3, 0.4) is 0 Å². The molecule has 134 valence electrons. The number of amides is 3. The Labute approximate surface area is 151 Å². The van der Waals surface area contributed by atoms with Gasteiger partial charge in [-0.2, -0.15) is 0 Å². The Bertz CT molecular complexity index is 850. The zero-order chi connectivity index (χ0) is 18.7. The van der Waals surface area contributed by atoms with E-state index in [1.807, 2.05) is 26.0 Å². The van der Waals surface area contributed by atoms with Gasteiger partial charge in [0.25, 0.3) is 5.91 Å². The smallest absolute Gasteiger partial charge is 0.331 e. The Morgan fingerprint density at radius 1 is 1.12 bits per heavy atom. The van der Waals surface area contributed by atoms with Crippen LogP contribution in [0.5, 0.6) is 5.75 Å². The number of esters is 1. The van der Waals surface area contributed by atoms with E-state index in [9.17, 15) is 14.4 Å². The van der Waals surface area contributed by atoms with Gasteiger partial charge in [0, 0.05) is 0 Å². The van der Waals surface area contributed by atoms with Gasteiger partial charge in [0.15, 0.2) is 0 Å².